The van der Waals surface area contributed by atoms with Crippen LogP contribution < -0.4 is 4.74 Å². The van der Waals surface area contributed by atoms with Crippen LogP contribution in [-0.4, -0.2) is 135 Å². The Morgan fingerprint density at radius 2 is 1.33 bits per heavy atom. The van der Waals surface area contributed by atoms with E-state index in [-0.39, 0.29) is 38.5 Å². The Kier molecular flexibility index (Phi) is 15.6. The average molecular weight is 597 g/mol. The van der Waals surface area contributed by atoms with Gasteiger partial charge in [-0.15, -0.1) is 0 Å². The zero-order valence-corrected chi connectivity index (χ0v) is 24.6. The number of unbranched alkanes of at least 4 members (excludes halogenated alkanes) is 6. The van der Waals surface area contributed by atoms with E-state index in [4.69, 9.17) is 4.74 Å². The number of phenols is 1. The number of carbonyl (C=O) groups is 3. The quantitative estimate of drug-likeness (QED) is 0.210. The predicted molar refractivity (Wildman–Crippen MR) is 156 cm³/mol. The van der Waals surface area contributed by atoms with Crippen molar-refractivity contribution in [3.63, 3.8) is 0 Å². The molecular formula is C29H48N4O9. The molecule has 1 aromatic carbocycles. The fourth-order valence-electron chi connectivity index (χ4n) is 5.02. The predicted octanol–water partition coefficient (Wildman–Crippen LogP) is 3.90. The number of hydrogen-bond donors (Lipinski definition) is 5. The standard InChI is InChI=1S/C29H48N4O9/c1-23-21-32(28(38)39)18-17-31(27(36)37)16-14-30(15-19-33(23)29(40)41)22-25(35)9-7-5-3-2-4-6-8-20-42-26-12-10-24(34)11-13-26/h10-13,23,25,34-35H,2-9,14-22H2,1H3,(H,36,37)(H,38,39)(H,40,41). The van der Waals surface area contributed by atoms with Crippen molar-refractivity contribution in [1.82, 2.24) is 19.6 Å². The number of hydrogen-bond acceptors (Lipinski definition) is 7. The van der Waals surface area contributed by atoms with Crippen LogP contribution in [0.5, 0.6) is 11.5 Å². The highest BCUT2D eigenvalue weighted by Gasteiger charge is 2.27. The van der Waals surface area contributed by atoms with Gasteiger partial charge in [0.2, 0.25) is 0 Å². The summed E-state index contributed by atoms with van der Waals surface area (Å²) in [5.74, 6) is 0.967. The van der Waals surface area contributed by atoms with Gasteiger partial charge in [0.25, 0.3) is 0 Å². The molecule has 2 atom stereocenters. The molecule has 0 aliphatic carbocycles. The number of aromatic hydroxyl groups is 1. The fraction of sp³-hybridized carbons (Fsp3) is 0.690. The first kappa shape index (κ1) is 34.7. The molecule has 5 N–H and O–H groups in total. The second-order valence-electron chi connectivity index (χ2n) is 10.9. The highest BCUT2D eigenvalue weighted by molar-refractivity contribution is 5.67. The monoisotopic (exact) mass is 596 g/mol. The van der Waals surface area contributed by atoms with Crippen LogP contribution in [0, 0.1) is 0 Å². The lowest BCUT2D eigenvalue weighted by atomic mass is 10.1. The van der Waals surface area contributed by atoms with Crippen molar-refractivity contribution in [3.8, 4) is 11.5 Å². The Morgan fingerprint density at radius 1 is 0.786 bits per heavy atom. The number of rotatable bonds is 13. The van der Waals surface area contributed by atoms with Crippen molar-refractivity contribution in [2.45, 2.75) is 70.4 Å². The third-order valence-corrected chi connectivity index (χ3v) is 7.54. The van der Waals surface area contributed by atoms with E-state index in [1.807, 2.05) is 4.90 Å². The van der Waals surface area contributed by atoms with Crippen LogP contribution in [0.1, 0.15) is 58.3 Å². The van der Waals surface area contributed by atoms with Gasteiger partial charge in [0.15, 0.2) is 0 Å². The maximum absolute atomic E-state index is 11.9. The van der Waals surface area contributed by atoms with E-state index in [2.05, 4.69) is 0 Å². The van der Waals surface area contributed by atoms with E-state index < -0.39 is 30.4 Å². The molecule has 1 aliphatic heterocycles. The third kappa shape index (κ3) is 13.5. The number of nitrogens with zero attached hydrogens (tertiary/aromatic N) is 4. The summed E-state index contributed by atoms with van der Waals surface area (Å²) in [5, 5.41) is 48.8. The molecule has 0 bridgehead atoms. The third-order valence-electron chi connectivity index (χ3n) is 7.54. The van der Waals surface area contributed by atoms with E-state index in [0.717, 1.165) is 60.5 Å². The molecular weight excluding hydrogens is 548 g/mol. The lowest BCUT2D eigenvalue weighted by Crippen LogP contribution is -2.52. The van der Waals surface area contributed by atoms with Gasteiger partial charge in [-0.3, -0.25) is 4.90 Å². The van der Waals surface area contributed by atoms with Gasteiger partial charge in [-0.2, -0.15) is 0 Å². The van der Waals surface area contributed by atoms with E-state index in [9.17, 15) is 39.9 Å². The van der Waals surface area contributed by atoms with Crippen LogP contribution >= 0.6 is 0 Å². The molecule has 2 unspecified atom stereocenters. The summed E-state index contributed by atoms with van der Waals surface area (Å²) in [7, 11) is 0. The van der Waals surface area contributed by atoms with Crippen LogP contribution in [0.4, 0.5) is 14.4 Å². The van der Waals surface area contributed by atoms with Crippen molar-refractivity contribution in [2.75, 3.05) is 59.0 Å². The number of benzene rings is 1. The minimum atomic E-state index is -1.23. The molecule has 0 spiro atoms. The van der Waals surface area contributed by atoms with Gasteiger partial charge in [0, 0.05) is 58.4 Å². The maximum atomic E-state index is 11.9. The van der Waals surface area contributed by atoms with Crippen LogP contribution in [0.15, 0.2) is 24.3 Å². The summed E-state index contributed by atoms with van der Waals surface area (Å²) in [5.41, 5.74) is 0. The van der Waals surface area contributed by atoms with Crippen molar-refractivity contribution in [3.05, 3.63) is 24.3 Å². The summed E-state index contributed by atoms with van der Waals surface area (Å²) in [4.78, 5) is 40.6. The smallest absolute Gasteiger partial charge is 0.407 e. The zero-order valence-electron chi connectivity index (χ0n) is 24.6. The van der Waals surface area contributed by atoms with E-state index in [1.54, 1.807) is 31.2 Å². The molecule has 2 rings (SSSR count). The normalized spacial score (nSPS) is 18.1. The number of aliphatic hydroxyl groups is 1. The highest BCUT2D eigenvalue weighted by atomic mass is 16.5. The molecule has 1 aliphatic rings. The number of β-amino-alcohol motifs (C(OH)–C–C–N with tert-alkyl or cyclic N) is 1. The summed E-state index contributed by atoms with van der Waals surface area (Å²) in [6.07, 6.45) is 3.64. The fourth-order valence-corrected chi connectivity index (χ4v) is 5.02. The van der Waals surface area contributed by atoms with E-state index in [1.165, 1.54) is 4.90 Å². The lowest BCUT2D eigenvalue weighted by molar-refractivity contribution is 0.0657. The SMILES string of the molecule is CC1CN(C(=O)O)CCN(C(=O)O)CCN(CC(O)CCCCCCCCCOc2ccc(O)cc2)CCN1C(=O)O. The van der Waals surface area contributed by atoms with Gasteiger partial charge < -0.3 is 45.0 Å². The highest BCUT2D eigenvalue weighted by Crippen LogP contribution is 2.17. The maximum Gasteiger partial charge on any atom is 0.407 e. The second kappa shape index (κ2) is 18.9. The van der Waals surface area contributed by atoms with Crippen molar-refractivity contribution in [1.29, 1.82) is 0 Å². The molecule has 0 aromatic heterocycles. The molecule has 13 heteroatoms. The molecule has 0 radical (unpaired) electrons. The number of aliphatic hydroxyl groups excluding tert-OH is 1. The number of phenolic OH excluding ortho intramolecular Hbond substituents is 1. The Labute approximate surface area is 247 Å². The molecule has 1 saturated heterocycles. The zero-order chi connectivity index (χ0) is 30.9. The molecule has 0 saturated carbocycles. The topological polar surface area (TPSA) is 175 Å². The Bertz CT molecular complexity index is 950. The van der Waals surface area contributed by atoms with E-state index >= 15 is 0 Å². The molecule has 3 amide bonds. The molecule has 238 valence electrons. The minimum absolute atomic E-state index is 0.0245. The van der Waals surface area contributed by atoms with Crippen molar-refractivity contribution < 1.29 is 44.7 Å². The van der Waals surface area contributed by atoms with Crippen LogP contribution in [0.25, 0.3) is 0 Å². The van der Waals surface area contributed by atoms with Gasteiger partial charge in [-0.25, -0.2) is 14.4 Å². The van der Waals surface area contributed by atoms with Crippen molar-refractivity contribution >= 4 is 18.3 Å². The second-order valence-corrected chi connectivity index (χ2v) is 10.9. The van der Waals surface area contributed by atoms with Gasteiger partial charge in [0.05, 0.1) is 12.7 Å². The number of ether oxygens (including phenoxy) is 1. The summed E-state index contributed by atoms with van der Waals surface area (Å²) < 4.78 is 5.66. The molecule has 1 fully saturated rings. The van der Waals surface area contributed by atoms with Crippen LogP contribution in [0.3, 0.4) is 0 Å². The van der Waals surface area contributed by atoms with Crippen LogP contribution in [0.2, 0.25) is 0 Å². The number of carboxylic acid groups (broad SMARTS) is 3. The minimum Gasteiger partial charge on any atom is -0.508 e. The first-order chi connectivity index (χ1) is 20.1. The first-order valence-corrected chi connectivity index (χ1v) is 14.8. The largest absolute Gasteiger partial charge is 0.508 e. The number of amides is 3. The van der Waals surface area contributed by atoms with Gasteiger partial charge in [-0.1, -0.05) is 38.5 Å². The van der Waals surface area contributed by atoms with Crippen LogP contribution in [-0.2, 0) is 0 Å². The summed E-state index contributed by atoms with van der Waals surface area (Å²) >= 11 is 0. The molecule has 42 heavy (non-hydrogen) atoms. The molecule has 1 aromatic rings. The van der Waals surface area contributed by atoms with Gasteiger partial charge >= 0.3 is 18.3 Å². The van der Waals surface area contributed by atoms with Gasteiger partial charge in [-0.05, 0) is 44.0 Å². The molecule has 13 nitrogen and oxygen atoms in total. The van der Waals surface area contributed by atoms with Gasteiger partial charge in [0.1, 0.15) is 11.5 Å². The Hall–Kier alpha value is -3.45. The Balaban J connectivity index is 1.72. The summed E-state index contributed by atoms with van der Waals surface area (Å²) in [6, 6.07) is 6.08. The summed E-state index contributed by atoms with van der Waals surface area (Å²) in [6.45, 7) is 3.26. The first-order valence-electron chi connectivity index (χ1n) is 14.8. The Morgan fingerprint density at radius 3 is 1.95 bits per heavy atom. The lowest BCUT2D eigenvalue weighted by Gasteiger charge is -2.35. The van der Waals surface area contributed by atoms with Crippen molar-refractivity contribution in [2.24, 2.45) is 0 Å². The average Bonchev–Trinajstić information content (AvgIpc) is 2.92. The molecule has 1 heterocycles. The van der Waals surface area contributed by atoms with E-state index in [0.29, 0.717) is 32.7 Å².